The molecule has 1 amide bonds. The van der Waals surface area contributed by atoms with E-state index in [0.717, 1.165) is 23.9 Å². The number of carbonyl (C=O) groups excluding carboxylic acids is 1. The molecule has 0 aliphatic carbocycles. The van der Waals surface area contributed by atoms with Crippen LogP contribution in [0.1, 0.15) is 10.4 Å². The van der Waals surface area contributed by atoms with Gasteiger partial charge in [0.05, 0.1) is 11.3 Å². The van der Waals surface area contributed by atoms with Gasteiger partial charge in [-0.25, -0.2) is 9.78 Å². The number of aromatic nitrogens is 1. The number of hydrogen-bond donors (Lipinski definition) is 2. The summed E-state index contributed by atoms with van der Waals surface area (Å²) in [6.07, 6.45) is -3.38. The quantitative estimate of drug-likeness (QED) is 0.756. The molecule has 0 spiro atoms. The highest BCUT2D eigenvalue weighted by molar-refractivity contribution is 8.00. The van der Waals surface area contributed by atoms with Crippen molar-refractivity contribution in [1.82, 2.24) is 4.98 Å². The van der Waals surface area contributed by atoms with Crippen molar-refractivity contribution >= 4 is 29.3 Å². The van der Waals surface area contributed by atoms with Crippen LogP contribution in [-0.4, -0.2) is 34.1 Å². The number of hydrogen-bond acceptors (Lipinski definition) is 5. The van der Waals surface area contributed by atoms with Crippen LogP contribution in [-0.2, 0) is 4.79 Å². The summed E-state index contributed by atoms with van der Waals surface area (Å²) in [5.41, 5.74) is 0.258. The van der Waals surface area contributed by atoms with E-state index in [-0.39, 0.29) is 22.0 Å². The largest absolute Gasteiger partial charge is 0.573 e. The van der Waals surface area contributed by atoms with Crippen molar-refractivity contribution in [3.63, 3.8) is 0 Å². The molecule has 6 nitrogen and oxygen atoms in total. The molecule has 1 aromatic carbocycles. The van der Waals surface area contributed by atoms with Gasteiger partial charge in [0, 0.05) is 11.9 Å². The third kappa shape index (κ3) is 5.99. The highest BCUT2D eigenvalue weighted by Crippen LogP contribution is 2.24. The van der Waals surface area contributed by atoms with E-state index in [2.05, 4.69) is 15.0 Å². The molecular weight excluding hydrogens is 361 g/mol. The van der Waals surface area contributed by atoms with E-state index < -0.39 is 24.0 Å². The van der Waals surface area contributed by atoms with Crippen LogP contribution in [0.15, 0.2) is 47.6 Å². The molecule has 0 radical (unpaired) electrons. The van der Waals surface area contributed by atoms with Crippen LogP contribution in [0.25, 0.3) is 0 Å². The van der Waals surface area contributed by atoms with E-state index in [1.54, 1.807) is 0 Å². The molecule has 0 fully saturated rings. The van der Waals surface area contributed by atoms with Gasteiger partial charge < -0.3 is 15.2 Å². The Bertz CT molecular complexity index is 766. The first kappa shape index (κ1) is 18.6. The van der Waals surface area contributed by atoms with Crippen molar-refractivity contribution in [2.45, 2.75) is 11.4 Å². The number of pyridine rings is 1. The van der Waals surface area contributed by atoms with Crippen LogP contribution in [0.5, 0.6) is 5.75 Å². The second-order valence-electron chi connectivity index (χ2n) is 4.57. The molecule has 0 saturated carbocycles. The minimum atomic E-state index is -4.79. The van der Waals surface area contributed by atoms with Gasteiger partial charge in [-0.05, 0) is 36.4 Å². The molecule has 0 aliphatic rings. The lowest BCUT2D eigenvalue weighted by atomic mass is 10.3. The third-order valence-corrected chi connectivity index (χ3v) is 3.72. The molecular formula is C15H11F3N2O4S. The predicted molar refractivity (Wildman–Crippen MR) is 83.7 cm³/mol. The van der Waals surface area contributed by atoms with Gasteiger partial charge in [0.25, 0.3) is 0 Å². The number of rotatable bonds is 6. The fourth-order valence-corrected chi connectivity index (χ4v) is 2.53. The zero-order valence-corrected chi connectivity index (χ0v) is 13.2. The molecule has 0 saturated heterocycles. The second-order valence-corrected chi connectivity index (χ2v) is 5.53. The van der Waals surface area contributed by atoms with Gasteiger partial charge in [-0.2, -0.15) is 0 Å². The molecule has 0 atom stereocenters. The Morgan fingerprint density at radius 3 is 2.48 bits per heavy atom. The number of ether oxygens (including phenoxy) is 1. The number of thioether (sulfide) groups is 1. The molecule has 2 rings (SSSR count). The maximum atomic E-state index is 12.1. The summed E-state index contributed by atoms with van der Waals surface area (Å²) in [5, 5.41) is 11.7. The first-order valence-electron chi connectivity index (χ1n) is 6.71. The minimum absolute atomic E-state index is 0.0195. The average Bonchev–Trinajstić information content (AvgIpc) is 2.53. The minimum Gasteiger partial charge on any atom is -0.478 e. The number of carboxylic acids is 1. The van der Waals surface area contributed by atoms with Crippen molar-refractivity contribution in [3.05, 3.63) is 48.2 Å². The fourth-order valence-electron chi connectivity index (χ4n) is 1.74. The first-order chi connectivity index (χ1) is 11.7. The topological polar surface area (TPSA) is 88.5 Å². The predicted octanol–water partition coefficient (Wildman–Crippen LogP) is 3.41. The number of nitrogens with zero attached hydrogens (tertiary/aromatic N) is 1. The summed E-state index contributed by atoms with van der Waals surface area (Å²) in [4.78, 5) is 26.8. The Morgan fingerprint density at radius 1 is 1.20 bits per heavy atom. The smallest absolute Gasteiger partial charge is 0.478 e. The van der Waals surface area contributed by atoms with Crippen LogP contribution in [0.4, 0.5) is 18.9 Å². The Balaban J connectivity index is 1.92. The standard InChI is InChI=1S/C15H11F3N2O4S/c16-15(17,18)24-10-5-3-9(4-6-10)20-12(21)8-25-13-11(14(22)23)2-1-7-19-13/h1-7H,8H2,(H,20,21)(H,22,23). The van der Waals surface area contributed by atoms with Gasteiger partial charge in [-0.15, -0.1) is 13.2 Å². The molecule has 1 aromatic heterocycles. The first-order valence-corrected chi connectivity index (χ1v) is 7.70. The SMILES string of the molecule is O=C(CSc1ncccc1C(=O)O)Nc1ccc(OC(F)(F)F)cc1. The van der Waals surface area contributed by atoms with Crippen LogP contribution in [0.3, 0.4) is 0 Å². The summed E-state index contributed by atoms with van der Waals surface area (Å²) < 4.78 is 39.9. The van der Waals surface area contributed by atoms with E-state index >= 15 is 0 Å². The molecule has 1 heterocycles. The van der Waals surface area contributed by atoms with E-state index in [4.69, 9.17) is 5.11 Å². The van der Waals surface area contributed by atoms with E-state index in [1.165, 1.54) is 30.5 Å². The number of carboxylic acid groups (broad SMARTS) is 1. The number of aromatic carboxylic acids is 1. The van der Waals surface area contributed by atoms with Crippen LogP contribution < -0.4 is 10.1 Å². The molecule has 0 aliphatic heterocycles. The summed E-state index contributed by atoms with van der Waals surface area (Å²) in [6, 6.07) is 7.49. The Hall–Kier alpha value is -2.75. The molecule has 10 heteroatoms. The number of benzene rings is 1. The lowest BCUT2D eigenvalue weighted by Gasteiger charge is -2.10. The van der Waals surface area contributed by atoms with Crippen molar-refractivity contribution in [2.75, 3.05) is 11.1 Å². The maximum absolute atomic E-state index is 12.1. The zero-order valence-electron chi connectivity index (χ0n) is 12.4. The third-order valence-electron chi connectivity index (χ3n) is 2.71. The molecule has 132 valence electrons. The lowest BCUT2D eigenvalue weighted by molar-refractivity contribution is -0.274. The van der Waals surface area contributed by atoms with Crippen molar-refractivity contribution in [2.24, 2.45) is 0 Å². The summed E-state index contributed by atoms with van der Waals surface area (Å²) >= 11 is 0.936. The summed E-state index contributed by atoms with van der Waals surface area (Å²) in [7, 11) is 0. The van der Waals surface area contributed by atoms with E-state index in [9.17, 15) is 22.8 Å². The van der Waals surface area contributed by atoms with Crippen molar-refractivity contribution < 1.29 is 32.6 Å². The van der Waals surface area contributed by atoms with Crippen LogP contribution in [0.2, 0.25) is 0 Å². The lowest BCUT2D eigenvalue weighted by Crippen LogP contribution is -2.17. The van der Waals surface area contributed by atoms with Crippen molar-refractivity contribution in [1.29, 1.82) is 0 Å². The van der Waals surface area contributed by atoms with Gasteiger partial charge in [0.1, 0.15) is 10.8 Å². The number of nitrogens with one attached hydrogen (secondary N) is 1. The second kappa shape index (κ2) is 7.88. The summed E-state index contributed by atoms with van der Waals surface area (Å²) in [6.45, 7) is 0. The molecule has 2 aromatic rings. The highest BCUT2D eigenvalue weighted by Gasteiger charge is 2.30. The van der Waals surface area contributed by atoms with Gasteiger partial charge in [-0.3, -0.25) is 4.79 Å². The maximum Gasteiger partial charge on any atom is 0.573 e. The molecule has 0 unspecified atom stereocenters. The summed E-state index contributed by atoms with van der Waals surface area (Å²) in [5.74, 6) is -2.13. The Morgan fingerprint density at radius 2 is 1.88 bits per heavy atom. The van der Waals surface area contributed by atoms with Gasteiger partial charge in [0.15, 0.2) is 0 Å². The molecule has 0 bridgehead atoms. The normalized spacial score (nSPS) is 11.0. The molecule has 25 heavy (non-hydrogen) atoms. The fraction of sp³-hybridized carbons (Fsp3) is 0.133. The highest BCUT2D eigenvalue weighted by atomic mass is 32.2. The van der Waals surface area contributed by atoms with Crippen molar-refractivity contribution in [3.8, 4) is 5.75 Å². The number of carbonyl (C=O) groups is 2. The number of halogens is 3. The average molecular weight is 372 g/mol. The van der Waals surface area contributed by atoms with E-state index in [0.29, 0.717) is 0 Å². The number of anilines is 1. The van der Waals surface area contributed by atoms with Gasteiger partial charge in [0.2, 0.25) is 5.91 Å². The number of alkyl halides is 3. The Labute approximate surface area is 144 Å². The van der Waals surface area contributed by atoms with Gasteiger partial charge >= 0.3 is 12.3 Å². The monoisotopic (exact) mass is 372 g/mol. The molecule has 2 N–H and O–H groups in total. The van der Waals surface area contributed by atoms with Gasteiger partial charge in [-0.1, -0.05) is 11.8 Å². The number of amides is 1. The van der Waals surface area contributed by atoms with Crippen LogP contribution >= 0.6 is 11.8 Å². The Kier molecular flexibility index (Phi) is 5.86. The zero-order chi connectivity index (χ0) is 18.4. The van der Waals surface area contributed by atoms with Crippen LogP contribution in [0, 0.1) is 0 Å². The van der Waals surface area contributed by atoms with E-state index in [1.807, 2.05) is 0 Å².